The molecular formula is C10H16O3. The summed E-state index contributed by atoms with van der Waals surface area (Å²) in [5.41, 5.74) is 0. The fraction of sp³-hybridized carbons (Fsp3) is 0.400. The molecule has 0 saturated heterocycles. The minimum absolute atomic E-state index is 0.0764. The number of hydrogen-bond acceptors (Lipinski definition) is 3. The lowest BCUT2D eigenvalue weighted by atomic mass is 10.3. The first kappa shape index (κ1) is 11.8. The molecule has 13 heavy (non-hydrogen) atoms. The minimum Gasteiger partial charge on any atom is -0.504 e. The van der Waals surface area contributed by atoms with Crippen molar-refractivity contribution in [3.63, 3.8) is 0 Å². The van der Waals surface area contributed by atoms with Crippen LogP contribution in [0.15, 0.2) is 24.3 Å². The monoisotopic (exact) mass is 184 g/mol. The lowest BCUT2D eigenvalue weighted by Gasteiger charge is -1.91. The van der Waals surface area contributed by atoms with Crippen LogP contribution >= 0.6 is 0 Å². The molecule has 0 atom stereocenters. The second-order valence-corrected chi connectivity index (χ2v) is 2.27. The fourth-order valence-corrected chi connectivity index (χ4v) is 0.668. The van der Waals surface area contributed by atoms with Crippen LogP contribution in [0, 0.1) is 0 Å². The van der Waals surface area contributed by atoms with Crippen LogP contribution in [0.25, 0.3) is 0 Å². The highest BCUT2D eigenvalue weighted by Crippen LogP contribution is 2.21. The Morgan fingerprint density at radius 1 is 1.00 bits per heavy atom. The topological polar surface area (TPSA) is 49.7 Å². The molecule has 2 N–H and O–H groups in total. The number of phenolic OH excluding ortho intramolecular Hbond substituents is 2. The zero-order valence-corrected chi connectivity index (χ0v) is 8.03. The molecular weight excluding hydrogens is 168 g/mol. The first-order valence-corrected chi connectivity index (χ1v) is 4.27. The fourth-order valence-electron chi connectivity index (χ4n) is 0.668. The highest BCUT2D eigenvalue weighted by atomic mass is 16.5. The quantitative estimate of drug-likeness (QED) is 0.692. The zero-order chi connectivity index (χ0) is 10.1. The third-order valence-electron chi connectivity index (χ3n) is 1.29. The van der Waals surface area contributed by atoms with Gasteiger partial charge in [0.2, 0.25) is 0 Å². The van der Waals surface area contributed by atoms with Crippen LogP contribution in [0.5, 0.6) is 11.5 Å². The molecule has 0 spiro atoms. The average Bonchev–Trinajstić information content (AvgIpc) is 2.13. The van der Waals surface area contributed by atoms with E-state index >= 15 is 0 Å². The lowest BCUT2D eigenvalue weighted by molar-refractivity contribution is 0.162. The zero-order valence-electron chi connectivity index (χ0n) is 8.03. The Bertz CT molecular complexity index is 200. The summed E-state index contributed by atoms with van der Waals surface area (Å²) in [6.45, 7) is 5.67. The molecule has 0 aliphatic heterocycles. The maximum absolute atomic E-state index is 8.67. The first-order chi connectivity index (χ1) is 6.22. The summed E-state index contributed by atoms with van der Waals surface area (Å²) < 4.78 is 4.83. The van der Waals surface area contributed by atoms with Gasteiger partial charge in [-0.2, -0.15) is 0 Å². The van der Waals surface area contributed by atoms with Crippen molar-refractivity contribution in [1.82, 2.24) is 0 Å². The van der Waals surface area contributed by atoms with Gasteiger partial charge in [-0.1, -0.05) is 12.1 Å². The second-order valence-electron chi connectivity index (χ2n) is 2.27. The second kappa shape index (κ2) is 7.43. The van der Waals surface area contributed by atoms with E-state index in [1.165, 1.54) is 12.1 Å². The van der Waals surface area contributed by atoms with Crippen LogP contribution in [0.2, 0.25) is 0 Å². The predicted molar refractivity (Wildman–Crippen MR) is 51.9 cm³/mol. The Labute approximate surface area is 78.6 Å². The Morgan fingerprint density at radius 3 is 1.54 bits per heavy atom. The average molecular weight is 184 g/mol. The molecule has 1 aromatic carbocycles. The number of phenols is 2. The summed E-state index contributed by atoms with van der Waals surface area (Å²) in [6, 6.07) is 6.15. The van der Waals surface area contributed by atoms with Crippen molar-refractivity contribution in [2.45, 2.75) is 13.8 Å². The molecule has 3 heteroatoms. The van der Waals surface area contributed by atoms with Gasteiger partial charge in [0.05, 0.1) is 0 Å². The van der Waals surface area contributed by atoms with Gasteiger partial charge >= 0.3 is 0 Å². The van der Waals surface area contributed by atoms with Gasteiger partial charge in [-0.3, -0.25) is 0 Å². The van der Waals surface area contributed by atoms with Crippen molar-refractivity contribution in [3.05, 3.63) is 24.3 Å². The number of hydrogen-bond donors (Lipinski definition) is 2. The van der Waals surface area contributed by atoms with Crippen LogP contribution < -0.4 is 0 Å². The number of rotatable bonds is 2. The van der Waals surface area contributed by atoms with Crippen LogP contribution in [0.1, 0.15) is 13.8 Å². The summed E-state index contributed by atoms with van der Waals surface area (Å²) >= 11 is 0. The lowest BCUT2D eigenvalue weighted by Crippen LogP contribution is -1.84. The van der Waals surface area contributed by atoms with Crippen LogP contribution in [-0.2, 0) is 4.74 Å². The van der Waals surface area contributed by atoms with Crippen molar-refractivity contribution < 1.29 is 14.9 Å². The molecule has 0 fully saturated rings. The molecule has 0 aliphatic rings. The number of benzene rings is 1. The molecule has 0 amide bonds. The normalized spacial score (nSPS) is 8.77. The van der Waals surface area contributed by atoms with Gasteiger partial charge < -0.3 is 14.9 Å². The minimum atomic E-state index is -0.0764. The third kappa shape index (κ3) is 5.99. The Balaban J connectivity index is 0.000000252. The summed E-state index contributed by atoms with van der Waals surface area (Å²) in [5, 5.41) is 17.3. The van der Waals surface area contributed by atoms with Crippen molar-refractivity contribution in [3.8, 4) is 11.5 Å². The standard InChI is InChI=1S/C6H6O2.C4H10O/c7-5-3-1-2-4-6(5)8;1-3-5-4-2/h1-4,7-8H;3-4H2,1-2H3. The molecule has 1 aromatic rings. The van der Waals surface area contributed by atoms with E-state index in [1.807, 2.05) is 13.8 Å². The molecule has 0 radical (unpaired) electrons. The summed E-state index contributed by atoms with van der Waals surface area (Å²) in [6.07, 6.45) is 0. The molecule has 0 aliphatic carbocycles. The van der Waals surface area contributed by atoms with Crippen LogP contribution in [0.4, 0.5) is 0 Å². The highest BCUT2D eigenvalue weighted by Gasteiger charge is 1.90. The van der Waals surface area contributed by atoms with E-state index in [-0.39, 0.29) is 11.5 Å². The van der Waals surface area contributed by atoms with Crippen LogP contribution in [0.3, 0.4) is 0 Å². The molecule has 3 nitrogen and oxygen atoms in total. The van der Waals surface area contributed by atoms with Gasteiger partial charge in [-0.15, -0.1) is 0 Å². The van der Waals surface area contributed by atoms with Gasteiger partial charge in [0.1, 0.15) is 0 Å². The molecule has 0 bridgehead atoms. The van der Waals surface area contributed by atoms with Gasteiger partial charge in [0.25, 0.3) is 0 Å². The van der Waals surface area contributed by atoms with Gasteiger partial charge in [-0.25, -0.2) is 0 Å². The number of ether oxygens (including phenoxy) is 1. The van der Waals surface area contributed by atoms with E-state index in [2.05, 4.69) is 0 Å². The van der Waals surface area contributed by atoms with E-state index < -0.39 is 0 Å². The van der Waals surface area contributed by atoms with Crippen LogP contribution in [-0.4, -0.2) is 23.4 Å². The molecule has 74 valence electrons. The Morgan fingerprint density at radius 2 is 1.38 bits per heavy atom. The highest BCUT2D eigenvalue weighted by molar-refractivity contribution is 5.36. The number of aromatic hydroxyl groups is 2. The van der Waals surface area contributed by atoms with E-state index in [1.54, 1.807) is 12.1 Å². The van der Waals surface area contributed by atoms with E-state index in [4.69, 9.17) is 14.9 Å². The van der Waals surface area contributed by atoms with Gasteiger partial charge in [0, 0.05) is 13.2 Å². The van der Waals surface area contributed by atoms with E-state index in [0.29, 0.717) is 0 Å². The van der Waals surface area contributed by atoms with Gasteiger partial charge in [0.15, 0.2) is 11.5 Å². The van der Waals surface area contributed by atoms with Gasteiger partial charge in [-0.05, 0) is 26.0 Å². The molecule has 0 aromatic heterocycles. The summed E-state index contributed by atoms with van der Waals surface area (Å²) in [7, 11) is 0. The van der Waals surface area contributed by atoms with Crippen molar-refractivity contribution >= 4 is 0 Å². The summed E-state index contributed by atoms with van der Waals surface area (Å²) in [4.78, 5) is 0. The van der Waals surface area contributed by atoms with Crippen molar-refractivity contribution in [1.29, 1.82) is 0 Å². The molecule has 1 rings (SSSR count). The SMILES string of the molecule is CCOCC.Oc1ccccc1O. The van der Waals surface area contributed by atoms with Crippen molar-refractivity contribution in [2.24, 2.45) is 0 Å². The molecule has 0 unspecified atom stereocenters. The number of para-hydroxylation sites is 2. The molecule has 0 saturated carbocycles. The predicted octanol–water partition coefficient (Wildman–Crippen LogP) is 2.14. The third-order valence-corrected chi connectivity index (χ3v) is 1.29. The maximum atomic E-state index is 8.67. The van der Waals surface area contributed by atoms with E-state index in [0.717, 1.165) is 13.2 Å². The first-order valence-electron chi connectivity index (χ1n) is 4.27. The Kier molecular flexibility index (Phi) is 6.73. The Hall–Kier alpha value is -1.22. The van der Waals surface area contributed by atoms with E-state index in [9.17, 15) is 0 Å². The summed E-state index contributed by atoms with van der Waals surface area (Å²) in [5.74, 6) is -0.153. The maximum Gasteiger partial charge on any atom is 0.157 e. The molecule has 0 heterocycles. The largest absolute Gasteiger partial charge is 0.504 e. The smallest absolute Gasteiger partial charge is 0.157 e. The van der Waals surface area contributed by atoms with Crippen molar-refractivity contribution in [2.75, 3.05) is 13.2 Å².